The second-order valence-corrected chi connectivity index (χ2v) is 9.71. The predicted molar refractivity (Wildman–Crippen MR) is 121 cm³/mol. The Balaban J connectivity index is 1.72. The van der Waals surface area contributed by atoms with E-state index >= 15 is 0 Å². The third-order valence-electron chi connectivity index (χ3n) is 4.91. The third kappa shape index (κ3) is 7.17. The zero-order chi connectivity index (χ0) is 22.3. The lowest BCUT2D eigenvalue weighted by molar-refractivity contribution is -0.122. The van der Waals surface area contributed by atoms with Crippen molar-refractivity contribution >= 4 is 39.1 Å². The second-order valence-electron chi connectivity index (χ2n) is 7.18. The first-order chi connectivity index (χ1) is 14.8. The van der Waals surface area contributed by atoms with E-state index < -0.39 is 22.0 Å². The molecule has 3 rings (SSSR count). The number of nitrogens with one attached hydrogen (secondary N) is 2. The molecule has 0 radical (unpaired) electrons. The van der Waals surface area contributed by atoms with Crippen molar-refractivity contribution < 1.29 is 17.9 Å². The van der Waals surface area contributed by atoms with Gasteiger partial charge in [0.25, 0.3) is 0 Å². The SMILES string of the molecule is O=C(NCCN1CCOCC1)[C@@H](Cc1ccccc1)NS(=O)(=O)c1cc(Cl)ccc1Cl. The van der Waals surface area contributed by atoms with Gasteiger partial charge in [0, 0.05) is 31.2 Å². The molecule has 7 nitrogen and oxygen atoms in total. The molecule has 1 heterocycles. The van der Waals surface area contributed by atoms with Gasteiger partial charge < -0.3 is 10.1 Å². The Bertz CT molecular complexity index is 983. The summed E-state index contributed by atoms with van der Waals surface area (Å²) in [6.07, 6.45) is 0.196. The van der Waals surface area contributed by atoms with Crippen LogP contribution in [-0.4, -0.2) is 64.7 Å². The number of carbonyl (C=O) groups excluding carboxylic acids is 1. The van der Waals surface area contributed by atoms with Crippen molar-refractivity contribution in [3.63, 3.8) is 0 Å². The molecular formula is C21H25Cl2N3O4S. The maximum Gasteiger partial charge on any atom is 0.242 e. The highest BCUT2D eigenvalue weighted by Gasteiger charge is 2.28. The number of morpholine rings is 1. The Morgan fingerprint density at radius 3 is 2.52 bits per heavy atom. The van der Waals surface area contributed by atoms with Gasteiger partial charge in [0.2, 0.25) is 15.9 Å². The van der Waals surface area contributed by atoms with Crippen LogP contribution in [0, 0.1) is 0 Å². The standard InChI is InChI=1S/C21H25Cl2N3O4S/c22-17-6-7-18(23)20(15-17)31(28,29)25-19(14-16-4-2-1-3-5-16)21(27)24-8-9-26-10-12-30-13-11-26/h1-7,15,19,25H,8-14H2,(H,24,27)/t19-/m1/s1. The average molecular weight is 486 g/mol. The van der Waals surface area contributed by atoms with Gasteiger partial charge in [-0.2, -0.15) is 4.72 Å². The average Bonchev–Trinajstić information content (AvgIpc) is 2.76. The molecule has 0 aromatic heterocycles. The second kappa shape index (κ2) is 11.3. The Hall–Kier alpha value is -1.68. The molecule has 1 aliphatic heterocycles. The van der Waals surface area contributed by atoms with Gasteiger partial charge in [-0.15, -0.1) is 0 Å². The van der Waals surface area contributed by atoms with Crippen molar-refractivity contribution in [2.45, 2.75) is 17.4 Å². The summed E-state index contributed by atoms with van der Waals surface area (Å²) in [6, 6.07) is 12.4. The van der Waals surface area contributed by atoms with Crippen molar-refractivity contribution in [3.05, 3.63) is 64.1 Å². The molecule has 1 fully saturated rings. The number of carbonyl (C=O) groups is 1. The molecule has 0 saturated carbocycles. The molecule has 10 heteroatoms. The number of hydrogen-bond donors (Lipinski definition) is 2. The minimum absolute atomic E-state index is 0.0306. The number of hydrogen-bond acceptors (Lipinski definition) is 5. The maximum atomic E-state index is 13.0. The first-order valence-corrected chi connectivity index (χ1v) is 12.2. The first kappa shape index (κ1) is 24.0. The van der Waals surface area contributed by atoms with Gasteiger partial charge in [0.05, 0.1) is 18.2 Å². The van der Waals surface area contributed by atoms with Crippen LogP contribution in [-0.2, 0) is 26.0 Å². The quantitative estimate of drug-likeness (QED) is 0.568. The van der Waals surface area contributed by atoms with Crippen LogP contribution in [0.15, 0.2) is 53.4 Å². The van der Waals surface area contributed by atoms with Gasteiger partial charge in [-0.25, -0.2) is 8.42 Å². The normalized spacial score (nSPS) is 16.1. The van der Waals surface area contributed by atoms with Crippen LogP contribution in [0.5, 0.6) is 0 Å². The smallest absolute Gasteiger partial charge is 0.242 e. The Morgan fingerprint density at radius 2 is 1.81 bits per heavy atom. The van der Waals surface area contributed by atoms with E-state index in [0.717, 1.165) is 18.7 Å². The fourth-order valence-corrected chi connectivity index (χ4v) is 5.21. The van der Waals surface area contributed by atoms with E-state index in [0.29, 0.717) is 26.3 Å². The molecule has 2 N–H and O–H groups in total. The molecule has 0 bridgehead atoms. The molecule has 0 unspecified atom stereocenters. The molecule has 2 aromatic carbocycles. The molecule has 1 saturated heterocycles. The van der Waals surface area contributed by atoms with E-state index in [4.69, 9.17) is 27.9 Å². The number of benzene rings is 2. The van der Waals surface area contributed by atoms with Crippen LogP contribution in [0.1, 0.15) is 5.56 Å². The number of ether oxygens (including phenoxy) is 1. The van der Waals surface area contributed by atoms with Crippen LogP contribution in [0.25, 0.3) is 0 Å². The van der Waals surface area contributed by atoms with Gasteiger partial charge >= 0.3 is 0 Å². The van der Waals surface area contributed by atoms with E-state index in [-0.39, 0.29) is 21.4 Å². The number of halogens is 2. The molecule has 168 valence electrons. The monoisotopic (exact) mass is 485 g/mol. The van der Waals surface area contributed by atoms with Crippen LogP contribution < -0.4 is 10.0 Å². The van der Waals surface area contributed by atoms with Crippen molar-refractivity contribution in [3.8, 4) is 0 Å². The fourth-order valence-electron chi connectivity index (χ4n) is 3.26. The number of nitrogens with zero attached hydrogens (tertiary/aromatic N) is 1. The fraction of sp³-hybridized carbons (Fsp3) is 0.381. The molecule has 31 heavy (non-hydrogen) atoms. The van der Waals surface area contributed by atoms with E-state index in [2.05, 4.69) is 14.9 Å². The molecule has 1 amide bonds. The van der Waals surface area contributed by atoms with E-state index in [1.54, 1.807) is 0 Å². The summed E-state index contributed by atoms with van der Waals surface area (Å²) in [7, 11) is -4.08. The number of sulfonamides is 1. The van der Waals surface area contributed by atoms with Crippen LogP contribution in [0.2, 0.25) is 10.0 Å². The summed E-state index contributed by atoms with van der Waals surface area (Å²) in [5.41, 5.74) is 0.829. The highest BCUT2D eigenvalue weighted by Crippen LogP contribution is 2.25. The Kier molecular flexibility index (Phi) is 8.71. The molecule has 1 aliphatic rings. The lowest BCUT2D eigenvalue weighted by Crippen LogP contribution is -2.50. The number of rotatable bonds is 9. The minimum atomic E-state index is -4.08. The molecule has 1 atom stereocenters. The third-order valence-corrected chi connectivity index (χ3v) is 7.10. The zero-order valence-corrected chi connectivity index (χ0v) is 19.2. The van der Waals surface area contributed by atoms with Crippen LogP contribution >= 0.6 is 23.2 Å². The maximum absolute atomic E-state index is 13.0. The highest BCUT2D eigenvalue weighted by atomic mass is 35.5. The lowest BCUT2D eigenvalue weighted by Gasteiger charge is -2.27. The van der Waals surface area contributed by atoms with Crippen LogP contribution in [0.4, 0.5) is 0 Å². The minimum Gasteiger partial charge on any atom is -0.379 e. The topological polar surface area (TPSA) is 87.7 Å². The summed E-state index contributed by atoms with van der Waals surface area (Å²) in [6.45, 7) is 4.03. The van der Waals surface area contributed by atoms with Crippen molar-refractivity contribution in [2.75, 3.05) is 39.4 Å². The van der Waals surface area contributed by atoms with Gasteiger partial charge in [-0.1, -0.05) is 53.5 Å². The first-order valence-electron chi connectivity index (χ1n) is 9.94. The largest absolute Gasteiger partial charge is 0.379 e. The van der Waals surface area contributed by atoms with Gasteiger partial charge in [-0.3, -0.25) is 9.69 Å². The number of amides is 1. The van der Waals surface area contributed by atoms with E-state index in [1.807, 2.05) is 30.3 Å². The molecule has 0 aliphatic carbocycles. The molecule has 0 spiro atoms. The summed E-state index contributed by atoms with van der Waals surface area (Å²) in [4.78, 5) is 14.9. The summed E-state index contributed by atoms with van der Waals surface area (Å²) in [5, 5.41) is 3.11. The van der Waals surface area contributed by atoms with Gasteiger partial charge in [0.1, 0.15) is 10.9 Å². The van der Waals surface area contributed by atoms with Gasteiger partial charge in [-0.05, 0) is 30.2 Å². The molecular weight excluding hydrogens is 461 g/mol. The van der Waals surface area contributed by atoms with E-state index in [9.17, 15) is 13.2 Å². The zero-order valence-electron chi connectivity index (χ0n) is 16.9. The summed E-state index contributed by atoms with van der Waals surface area (Å²) < 4.78 is 33.8. The Labute approximate surface area is 192 Å². The summed E-state index contributed by atoms with van der Waals surface area (Å²) in [5.74, 6) is -0.404. The Morgan fingerprint density at radius 1 is 1.10 bits per heavy atom. The van der Waals surface area contributed by atoms with Gasteiger partial charge in [0.15, 0.2) is 0 Å². The summed E-state index contributed by atoms with van der Waals surface area (Å²) >= 11 is 12.0. The highest BCUT2D eigenvalue weighted by molar-refractivity contribution is 7.89. The lowest BCUT2D eigenvalue weighted by atomic mass is 10.1. The van der Waals surface area contributed by atoms with Crippen molar-refractivity contribution in [1.29, 1.82) is 0 Å². The van der Waals surface area contributed by atoms with Crippen LogP contribution in [0.3, 0.4) is 0 Å². The van der Waals surface area contributed by atoms with Crippen molar-refractivity contribution in [2.24, 2.45) is 0 Å². The van der Waals surface area contributed by atoms with E-state index in [1.165, 1.54) is 18.2 Å². The molecule has 2 aromatic rings. The predicted octanol–water partition coefficient (Wildman–Crippen LogP) is 2.33. The van der Waals surface area contributed by atoms with Crippen molar-refractivity contribution in [1.82, 2.24) is 14.9 Å².